The SMILES string of the molecule is CNC(=O)NC(=O)C(C)Nc1cc(C(F)(F)F)ccc1Cl. The molecule has 1 unspecified atom stereocenters. The minimum Gasteiger partial charge on any atom is -0.373 e. The van der Waals surface area contributed by atoms with Gasteiger partial charge >= 0.3 is 12.2 Å². The fraction of sp³-hybridized carbons (Fsp3) is 0.333. The van der Waals surface area contributed by atoms with Gasteiger partial charge in [0.15, 0.2) is 0 Å². The monoisotopic (exact) mass is 323 g/mol. The minimum absolute atomic E-state index is 0.0302. The smallest absolute Gasteiger partial charge is 0.373 e. The molecule has 0 aromatic heterocycles. The second-order valence-electron chi connectivity index (χ2n) is 4.13. The van der Waals surface area contributed by atoms with Crippen LogP contribution in [0.3, 0.4) is 0 Å². The highest BCUT2D eigenvalue weighted by Crippen LogP contribution is 2.33. The number of nitrogens with one attached hydrogen (secondary N) is 3. The van der Waals surface area contributed by atoms with Gasteiger partial charge in [-0.15, -0.1) is 0 Å². The molecule has 0 fully saturated rings. The molecule has 0 aliphatic carbocycles. The fourth-order valence-corrected chi connectivity index (χ4v) is 1.57. The van der Waals surface area contributed by atoms with Gasteiger partial charge in [-0.1, -0.05) is 11.6 Å². The molecule has 0 spiro atoms. The minimum atomic E-state index is -4.52. The normalized spacial score (nSPS) is 12.5. The van der Waals surface area contributed by atoms with Crippen LogP contribution in [0.25, 0.3) is 0 Å². The van der Waals surface area contributed by atoms with Crippen LogP contribution in [0.2, 0.25) is 5.02 Å². The Morgan fingerprint density at radius 3 is 2.43 bits per heavy atom. The van der Waals surface area contributed by atoms with E-state index in [9.17, 15) is 22.8 Å². The predicted octanol–water partition coefficient (Wildman–Crippen LogP) is 2.61. The zero-order valence-electron chi connectivity index (χ0n) is 11.1. The van der Waals surface area contributed by atoms with Crippen LogP contribution in [-0.2, 0) is 11.0 Å². The van der Waals surface area contributed by atoms with Gasteiger partial charge in [-0.25, -0.2) is 4.79 Å². The first-order chi connectivity index (χ1) is 9.65. The van der Waals surface area contributed by atoms with Crippen molar-refractivity contribution in [3.05, 3.63) is 28.8 Å². The number of hydrogen-bond donors (Lipinski definition) is 3. The number of imide groups is 1. The van der Waals surface area contributed by atoms with Crippen LogP contribution >= 0.6 is 11.6 Å². The van der Waals surface area contributed by atoms with Gasteiger partial charge in [0, 0.05) is 7.05 Å². The van der Waals surface area contributed by atoms with Crippen molar-refractivity contribution < 1.29 is 22.8 Å². The summed E-state index contributed by atoms with van der Waals surface area (Å²) < 4.78 is 37.8. The number of carbonyl (C=O) groups excluding carboxylic acids is 2. The van der Waals surface area contributed by atoms with Crippen molar-refractivity contribution >= 4 is 29.2 Å². The molecule has 9 heteroatoms. The van der Waals surface area contributed by atoms with E-state index in [-0.39, 0.29) is 10.7 Å². The van der Waals surface area contributed by atoms with Gasteiger partial charge in [-0.3, -0.25) is 10.1 Å². The molecule has 5 nitrogen and oxygen atoms in total. The Kier molecular flexibility index (Phi) is 5.42. The maximum atomic E-state index is 12.6. The lowest BCUT2D eigenvalue weighted by Crippen LogP contribution is -2.44. The van der Waals surface area contributed by atoms with Crippen molar-refractivity contribution in [2.75, 3.05) is 12.4 Å². The van der Waals surface area contributed by atoms with E-state index in [1.54, 1.807) is 0 Å². The van der Waals surface area contributed by atoms with E-state index < -0.39 is 29.7 Å². The van der Waals surface area contributed by atoms with Crippen molar-refractivity contribution in [1.29, 1.82) is 0 Å². The molecule has 1 aromatic rings. The number of halogens is 4. The molecule has 0 saturated carbocycles. The summed E-state index contributed by atoms with van der Waals surface area (Å²) >= 11 is 5.79. The van der Waals surface area contributed by atoms with Crippen molar-refractivity contribution in [3.8, 4) is 0 Å². The Morgan fingerprint density at radius 2 is 1.90 bits per heavy atom. The molecule has 3 N–H and O–H groups in total. The first-order valence-electron chi connectivity index (χ1n) is 5.81. The van der Waals surface area contributed by atoms with Gasteiger partial charge in [0.25, 0.3) is 0 Å². The molecule has 1 aromatic carbocycles. The molecule has 0 aliphatic heterocycles. The molecule has 0 radical (unpaired) electrons. The molecule has 0 bridgehead atoms. The third-order valence-electron chi connectivity index (χ3n) is 2.52. The number of amides is 3. The lowest BCUT2D eigenvalue weighted by atomic mass is 10.1. The zero-order valence-corrected chi connectivity index (χ0v) is 11.9. The molecule has 0 aliphatic rings. The second-order valence-corrected chi connectivity index (χ2v) is 4.53. The summed E-state index contributed by atoms with van der Waals surface area (Å²) in [5, 5.41) is 6.74. The van der Waals surface area contributed by atoms with E-state index in [1.807, 2.05) is 5.32 Å². The highest BCUT2D eigenvalue weighted by Gasteiger charge is 2.31. The van der Waals surface area contributed by atoms with Crippen molar-refractivity contribution in [2.45, 2.75) is 19.1 Å². The predicted molar refractivity (Wildman–Crippen MR) is 72.1 cm³/mol. The molecule has 0 heterocycles. The van der Waals surface area contributed by atoms with E-state index in [0.29, 0.717) is 0 Å². The van der Waals surface area contributed by atoms with Crippen LogP contribution in [0.4, 0.5) is 23.7 Å². The lowest BCUT2D eigenvalue weighted by molar-refractivity contribution is -0.137. The number of rotatable bonds is 3. The second kappa shape index (κ2) is 6.66. The topological polar surface area (TPSA) is 70.2 Å². The van der Waals surface area contributed by atoms with Crippen LogP contribution in [0.15, 0.2) is 18.2 Å². The summed E-state index contributed by atoms with van der Waals surface area (Å²) in [4.78, 5) is 22.6. The largest absolute Gasteiger partial charge is 0.416 e. The van der Waals surface area contributed by atoms with Gasteiger partial charge < -0.3 is 10.6 Å². The zero-order chi connectivity index (χ0) is 16.2. The van der Waals surface area contributed by atoms with Crippen LogP contribution in [0.1, 0.15) is 12.5 Å². The highest BCUT2D eigenvalue weighted by atomic mass is 35.5. The summed E-state index contributed by atoms with van der Waals surface area (Å²) in [6.07, 6.45) is -4.52. The maximum absolute atomic E-state index is 12.6. The van der Waals surface area contributed by atoms with Crippen molar-refractivity contribution in [2.24, 2.45) is 0 Å². The molecule has 21 heavy (non-hydrogen) atoms. The van der Waals surface area contributed by atoms with Gasteiger partial charge in [-0.2, -0.15) is 13.2 Å². The molecule has 1 rings (SSSR count). The molecule has 3 amide bonds. The van der Waals surface area contributed by atoms with Crippen LogP contribution < -0.4 is 16.0 Å². The van der Waals surface area contributed by atoms with Gasteiger partial charge in [0.2, 0.25) is 5.91 Å². The van der Waals surface area contributed by atoms with E-state index in [4.69, 9.17) is 11.6 Å². The van der Waals surface area contributed by atoms with Crippen LogP contribution in [-0.4, -0.2) is 25.0 Å². The van der Waals surface area contributed by atoms with E-state index in [0.717, 1.165) is 18.2 Å². The quantitative estimate of drug-likeness (QED) is 0.801. The third-order valence-corrected chi connectivity index (χ3v) is 2.85. The van der Waals surface area contributed by atoms with Gasteiger partial charge in [0.1, 0.15) is 6.04 Å². The summed E-state index contributed by atoms with van der Waals surface area (Å²) in [6.45, 7) is 1.38. The number of benzene rings is 1. The van der Waals surface area contributed by atoms with E-state index >= 15 is 0 Å². The number of urea groups is 1. The maximum Gasteiger partial charge on any atom is 0.416 e. The molecular weight excluding hydrogens is 311 g/mol. The first-order valence-corrected chi connectivity index (χ1v) is 6.18. The Hall–Kier alpha value is -1.96. The molecule has 1 atom stereocenters. The number of hydrogen-bond acceptors (Lipinski definition) is 3. The lowest BCUT2D eigenvalue weighted by Gasteiger charge is -2.17. The Bertz CT molecular complexity index is 549. The van der Waals surface area contributed by atoms with Gasteiger partial charge in [0.05, 0.1) is 16.3 Å². The highest BCUT2D eigenvalue weighted by molar-refractivity contribution is 6.33. The number of carbonyl (C=O) groups is 2. The molecular formula is C12H13ClF3N3O2. The first kappa shape index (κ1) is 17.1. The Balaban J connectivity index is 2.87. The standard InChI is InChI=1S/C12H13ClF3N3O2/c1-6(10(20)19-11(21)17-2)18-9-5-7(12(14,15)16)3-4-8(9)13/h3-6,18H,1-2H3,(H2,17,19,20,21). The summed E-state index contributed by atoms with van der Waals surface area (Å²) in [5.74, 6) is -0.706. The summed E-state index contributed by atoms with van der Waals surface area (Å²) in [7, 11) is 1.32. The molecule has 0 saturated heterocycles. The number of anilines is 1. The average Bonchev–Trinajstić information content (AvgIpc) is 2.39. The number of alkyl halides is 3. The molecule has 116 valence electrons. The van der Waals surface area contributed by atoms with E-state index in [2.05, 4.69) is 10.6 Å². The van der Waals surface area contributed by atoms with Gasteiger partial charge in [-0.05, 0) is 25.1 Å². The summed E-state index contributed by atoms with van der Waals surface area (Å²) in [6, 6.07) is 1.04. The fourth-order valence-electron chi connectivity index (χ4n) is 1.39. The van der Waals surface area contributed by atoms with Crippen LogP contribution in [0.5, 0.6) is 0 Å². The van der Waals surface area contributed by atoms with Crippen molar-refractivity contribution in [3.63, 3.8) is 0 Å². The van der Waals surface area contributed by atoms with Crippen molar-refractivity contribution in [1.82, 2.24) is 10.6 Å². The average molecular weight is 324 g/mol. The van der Waals surface area contributed by atoms with E-state index in [1.165, 1.54) is 14.0 Å². The third kappa shape index (κ3) is 4.82. The summed E-state index contributed by atoms with van der Waals surface area (Å²) in [5.41, 5.74) is -0.945. The Labute approximate surface area is 123 Å². The Morgan fingerprint density at radius 1 is 1.29 bits per heavy atom. The van der Waals surface area contributed by atoms with Crippen LogP contribution in [0, 0.1) is 0 Å².